The van der Waals surface area contributed by atoms with Gasteiger partial charge in [0.2, 0.25) is 0 Å². The van der Waals surface area contributed by atoms with Gasteiger partial charge in [-0.25, -0.2) is 14.6 Å². The third kappa shape index (κ3) is 2.63. The molecular formula is C11H8BrF3N4. The van der Waals surface area contributed by atoms with E-state index in [-0.39, 0.29) is 0 Å². The standard InChI is InChI=1S/C11H8BrF3N4/c12-8-5-9(17-10(16-8)6-1-2-6)19-4-3-7(18-19)11(13,14)15/h3-6H,1-2H2. The van der Waals surface area contributed by atoms with E-state index in [4.69, 9.17) is 0 Å². The van der Waals surface area contributed by atoms with Gasteiger partial charge in [0.25, 0.3) is 0 Å². The van der Waals surface area contributed by atoms with Crippen LogP contribution in [0.1, 0.15) is 30.3 Å². The van der Waals surface area contributed by atoms with Gasteiger partial charge >= 0.3 is 6.18 Å². The summed E-state index contributed by atoms with van der Waals surface area (Å²) < 4.78 is 39.1. The van der Waals surface area contributed by atoms with Crippen molar-refractivity contribution in [1.82, 2.24) is 19.7 Å². The van der Waals surface area contributed by atoms with E-state index < -0.39 is 11.9 Å². The number of alkyl halides is 3. The molecule has 3 rings (SSSR count). The Morgan fingerprint density at radius 3 is 2.58 bits per heavy atom. The second kappa shape index (κ2) is 4.29. The average Bonchev–Trinajstić information content (AvgIpc) is 3.03. The molecule has 100 valence electrons. The van der Waals surface area contributed by atoms with Gasteiger partial charge in [0.05, 0.1) is 0 Å². The molecular weight excluding hydrogens is 325 g/mol. The van der Waals surface area contributed by atoms with E-state index in [2.05, 4.69) is 31.0 Å². The van der Waals surface area contributed by atoms with Gasteiger partial charge in [-0.05, 0) is 34.8 Å². The number of nitrogens with zero attached hydrogens (tertiary/aromatic N) is 4. The smallest absolute Gasteiger partial charge is 0.226 e. The Bertz CT molecular complexity index is 619. The first-order valence-corrected chi connectivity index (χ1v) is 6.40. The Kier molecular flexibility index (Phi) is 2.84. The van der Waals surface area contributed by atoms with Gasteiger partial charge < -0.3 is 0 Å². The molecule has 0 unspecified atom stereocenters. The molecule has 1 aliphatic carbocycles. The summed E-state index contributed by atoms with van der Waals surface area (Å²) in [7, 11) is 0. The topological polar surface area (TPSA) is 43.6 Å². The minimum absolute atomic E-state index is 0.314. The lowest BCUT2D eigenvalue weighted by Gasteiger charge is -2.05. The van der Waals surface area contributed by atoms with Crippen LogP contribution in [0.5, 0.6) is 0 Å². The molecule has 0 amide bonds. The average molecular weight is 333 g/mol. The molecule has 2 heterocycles. The quantitative estimate of drug-likeness (QED) is 0.792. The van der Waals surface area contributed by atoms with E-state index in [1.165, 1.54) is 6.20 Å². The Morgan fingerprint density at radius 2 is 2.00 bits per heavy atom. The Labute approximate surface area is 114 Å². The lowest BCUT2D eigenvalue weighted by molar-refractivity contribution is -0.141. The molecule has 2 aromatic rings. The minimum Gasteiger partial charge on any atom is -0.226 e. The summed E-state index contributed by atoms with van der Waals surface area (Å²) in [6.07, 6.45) is -1.17. The van der Waals surface area contributed by atoms with Crippen molar-refractivity contribution in [2.75, 3.05) is 0 Å². The summed E-state index contributed by atoms with van der Waals surface area (Å²) in [6, 6.07) is 2.46. The lowest BCUT2D eigenvalue weighted by atomic mass is 10.4. The Hall–Kier alpha value is -1.44. The first-order chi connectivity index (χ1) is 8.93. The van der Waals surface area contributed by atoms with Crippen LogP contribution in [-0.2, 0) is 6.18 Å². The highest BCUT2D eigenvalue weighted by Gasteiger charge is 2.34. The summed E-state index contributed by atoms with van der Waals surface area (Å²) in [5.74, 6) is 1.29. The summed E-state index contributed by atoms with van der Waals surface area (Å²) in [5, 5.41) is 3.49. The Morgan fingerprint density at radius 1 is 1.26 bits per heavy atom. The molecule has 0 bridgehead atoms. The van der Waals surface area contributed by atoms with Crippen LogP contribution in [0.15, 0.2) is 22.9 Å². The predicted molar refractivity (Wildman–Crippen MR) is 63.8 cm³/mol. The maximum atomic E-state index is 12.5. The molecule has 0 saturated heterocycles. The molecule has 4 nitrogen and oxygen atoms in total. The van der Waals surface area contributed by atoms with Gasteiger partial charge in [0.1, 0.15) is 10.4 Å². The summed E-state index contributed by atoms with van der Waals surface area (Å²) in [5.41, 5.74) is -0.935. The predicted octanol–water partition coefficient (Wildman–Crippen LogP) is 3.32. The molecule has 0 atom stereocenters. The molecule has 19 heavy (non-hydrogen) atoms. The highest BCUT2D eigenvalue weighted by molar-refractivity contribution is 9.10. The first kappa shape index (κ1) is 12.6. The van der Waals surface area contributed by atoms with Crippen molar-refractivity contribution in [3.05, 3.63) is 34.5 Å². The third-order valence-electron chi connectivity index (χ3n) is 2.76. The van der Waals surface area contributed by atoms with Crippen molar-refractivity contribution in [1.29, 1.82) is 0 Å². The highest BCUT2D eigenvalue weighted by Crippen LogP contribution is 2.38. The number of hydrogen-bond donors (Lipinski definition) is 0. The number of rotatable bonds is 2. The fourth-order valence-electron chi connectivity index (χ4n) is 1.67. The summed E-state index contributed by atoms with van der Waals surface area (Å²) in [4.78, 5) is 8.47. The molecule has 0 aliphatic heterocycles. The van der Waals surface area contributed by atoms with E-state index in [0.29, 0.717) is 22.2 Å². The van der Waals surface area contributed by atoms with Crippen LogP contribution in [0.4, 0.5) is 13.2 Å². The number of hydrogen-bond acceptors (Lipinski definition) is 3. The van der Waals surface area contributed by atoms with Gasteiger partial charge in [-0.1, -0.05) is 0 Å². The summed E-state index contributed by atoms with van der Waals surface area (Å²) >= 11 is 3.24. The van der Waals surface area contributed by atoms with Crippen molar-refractivity contribution < 1.29 is 13.2 Å². The third-order valence-corrected chi connectivity index (χ3v) is 3.16. The lowest BCUT2D eigenvalue weighted by Crippen LogP contribution is -2.08. The van der Waals surface area contributed by atoms with Crippen LogP contribution in [0, 0.1) is 0 Å². The molecule has 1 aliphatic rings. The second-order valence-electron chi connectivity index (χ2n) is 4.32. The normalized spacial score (nSPS) is 15.8. The molecule has 0 radical (unpaired) electrons. The van der Waals surface area contributed by atoms with Crippen LogP contribution in [0.2, 0.25) is 0 Å². The fourth-order valence-corrected chi connectivity index (χ4v) is 2.05. The number of halogens is 4. The second-order valence-corrected chi connectivity index (χ2v) is 5.14. The van der Waals surface area contributed by atoms with Gasteiger partial charge in [0, 0.05) is 18.2 Å². The maximum absolute atomic E-state index is 12.5. The monoisotopic (exact) mass is 332 g/mol. The van der Waals surface area contributed by atoms with E-state index in [1.807, 2.05) is 0 Å². The zero-order chi connectivity index (χ0) is 13.6. The van der Waals surface area contributed by atoms with Crippen LogP contribution >= 0.6 is 15.9 Å². The first-order valence-electron chi connectivity index (χ1n) is 5.61. The summed E-state index contributed by atoms with van der Waals surface area (Å²) in [6.45, 7) is 0. The zero-order valence-electron chi connectivity index (χ0n) is 9.52. The van der Waals surface area contributed by atoms with Gasteiger partial charge in [0.15, 0.2) is 11.5 Å². The van der Waals surface area contributed by atoms with Crippen LogP contribution in [0.25, 0.3) is 5.82 Å². The maximum Gasteiger partial charge on any atom is 0.435 e. The highest BCUT2D eigenvalue weighted by atomic mass is 79.9. The van der Waals surface area contributed by atoms with E-state index in [1.54, 1.807) is 6.07 Å². The molecule has 8 heteroatoms. The minimum atomic E-state index is -4.45. The van der Waals surface area contributed by atoms with Crippen molar-refractivity contribution in [3.8, 4) is 5.82 Å². The molecule has 0 aromatic carbocycles. The molecule has 0 N–H and O–H groups in total. The molecule has 2 aromatic heterocycles. The SMILES string of the molecule is FC(F)(F)c1ccn(-c2cc(Br)nc(C3CC3)n2)n1. The van der Waals surface area contributed by atoms with Crippen LogP contribution in [-0.4, -0.2) is 19.7 Å². The molecule has 1 saturated carbocycles. The zero-order valence-corrected chi connectivity index (χ0v) is 11.1. The van der Waals surface area contributed by atoms with Crippen LogP contribution in [0.3, 0.4) is 0 Å². The Balaban J connectivity index is 1.99. The molecule has 0 spiro atoms. The van der Waals surface area contributed by atoms with Gasteiger partial charge in [-0.2, -0.15) is 18.3 Å². The molecule has 1 fully saturated rings. The van der Waals surface area contributed by atoms with Crippen molar-refractivity contribution in [3.63, 3.8) is 0 Å². The van der Waals surface area contributed by atoms with Crippen LogP contribution < -0.4 is 0 Å². The van der Waals surface area contributed by atoms with E-state index in [9.17, 15) is 13.2 Å². The fraction of sp³-hybridized carbons (Fsp3) is 0.364. The van der Waals surface area contributed by atoms with E-state index in [0.717, 1.165) is 23.6 Å². The number of aromatic nitrogens is 4. The van der Waals surface area contributed by atoms with Crippen molar-refractivity contribution >= 4 is 15.9 Å². The largest absolute Gasteiger partial charge is 0.435 e. The van der Waals surface area contributed by atoms with E-state index >= 15 is 0 Å². The van der Waals surface area contributed by atoms with Gasteiger partial charge in [-0.3, -0.25) is 0 Å². The van der Waals surface area contributed by atoms with Gasteiger partial charge in [-0.15, -0.1) is 0 Å². The van der Waals surface area contributed by atoms with Crippen molar-refractivity contribution in [2.24, 2.45) is 0 Å². The van der Waals surface area contributed by atoms with Crippen molar-refractivity contribution in [2.45, 2.75) is 24.9 Å².